The van der Waals surface area contributed by atoms with E-state index in [2.05, 4.69) is 15.6 Å². The zero-order valence-electron chi connectivity index (χ0n) is 16.2. The maximum atomic E-state index is 12.5. The molecule has 0 aliphatic heterocycles. The Labute approximate surface area is 174 Å². The Morgan fingerprint density at radius 1 is 1.29 bits per heavy atom. The summed E-state index contributed by atoms with van der Waals surface area (Å²) in [7, 11) is 0. The summed E-state index contributed by atoms with van der Waals surface area (Å²) in [4.78, 5) is 29.3. The van der Waals surface area contributed by atoms with Gasteiger partial charge in [-0.15, -0.1) is 11.3 Å². The second kappa shape index (κ2) is 9.52. The van der Waals surface area contributed by atoms with Crippen LogP contribution in [0, 0.1) is 5.92 Å². The third-order valence-electron chi connectivity index (χ3n) is 4.84. The molecule has 0 saturated heterocycles. The van der Waals surface area contributed by atoms with Crippen molar-refractivity contribution in [3.63, 3.8) is 0 Å². The van der Waals surface area contributed by atoms with Crippen LogP contribution in [0.2, 0.25) is 5.02 Å². The van der Waals surface area contributed by atoms with E-state index in [0.717, 1.165) is 35.5 Å². The number of hydrogen-bond donors (Lipinski definition) is 2. The number of hydrogen-bond acceptors (Lipinski definition) is 4. The van der Waals surface area contributed by atoms with Crippen LogP contribution in [0.25, 0.3) is 10.6 Å². The summed E-state index contributed by atoms with van der Waals surface area (Å²) >= 11 is 7.71. The van der Waals surface area contributed by atoms with Crippen molar-refractivity contribution in [1.29, 1.82) is 0 Å². The number of carbonyl (C=O) groups excluding carboxylic acids is 2. The molecule has 1 aliphatic rings. The Morgan fingerprint density at radius 3 is 2.82 bits per heavy atom. The molecular formula is C21H26ClN3O2S. The molecule has 2 N–H and O–H groups in total. The molecule has 1 aliphatic carbocycles. The Morgan fingerprint density at radius 2 is 2.07 bits per heavy atom. The highest BCUT2D eigenvalue weighted by atomic mass is 35.5. The summed E-state index contributed by atoms with van der Waals surface area (Å²) < 4.78 is 0. The van der Waals surface area contributed by atoms with Crippen LogP contribution in [0.5, 0.6) is 0 Å². The fraction of sp³-hybridized carbons (Fsp3) is 0.476. The minimum atomic E-state index is -0.0501. The van der Waals surface area contributed by atoms with Crippen molar-refractivity contribution in [3.8, 4) is 10.6 Å². The predicted octanol–water partition coefficient (Wildman–Crippen LogP) is 4.21. The number of halogens is 1. The number of thiazole rings is 1. The van der Waals surface area contributed by atoms with E-state index >= 15 is 0 Å². The van der Waals surface area contributed by atoms with Gasteiger partial charge in [-0.05, 0) is 39.2 Å². The molecule has 3 rings (SSSR count). The van der Waals surface area contributed by atoms with Crippen molar-refractivity contribution >= 4 is 34.8 Å². The number of carbonyl (C=O) groups is 2. The molecule has 0 radical (unpaired) electrons. The molecule has 5 nitrogen and oxygen atoms in total. The summed E-state index contributed by atoms with van der Waals surface area (Å²) in [6.45, 7) is 3.93. The third-order valence-corrected chi connectivity index (χ3v) is 6.09. The number of benzene rings is 1. The lowest BCUT2D eigenvalue weighted by Crippen LogP contribution is -2.44. The first-order valence-corrected chi connectivity index (χ1v) is 11.0. The highest BCUT2D eigenvalue weighted by Gasteiger charge is 2.28. The normalized spacial score (nSPS) is 19.4. The van der Waals surface area contributed by atoms with Crippen molar-refractivity contribution in [1.82, 2.24) is 15.6 Å². The minimum absolute atomic E-state index is 0.0208. The van der Waals surface area contributed by atoms with E-state index in [1.165, 1.54) is 11.3 Å². The Kier molecular flexibility index (Phi) is 7.08. The molecule has 1 aromatic carbocycles. The summed E-state index contributed by atoms with van der Waals surface area (Å²) in [6.07, 6.45) is 3.69. The highest BCUT2D eigenvalue weighted by molar-refractivity contribution is 7.13. The van der Waals surface area contributed by atoms with E-state index in [4.69, 9.17) is 11.6 Å². The van der Waals surface area contributed by atoms with Gasteiger partial charge in [0.15, 0.2) is 0 Å². The van der Waals surface area contributed by atoms with Crippen LogP contribution in [0.15, 0.2) is 29.6 Å². The van der Waals surface area contributed by atoms with Gasteiger partial charge in [0.2, 0.25) is 11.8 Å². The van der Waals surface area contributed by atoms with E-state index in [0.29, 0.717) is 11.4 Å². The SMILES string of the molecule is CC(C)NC(=O)C1CCCC(NC(=O)Cc2csc(-c3ccccc3Cl)n2)C1. The van der Waals surface area contributed by atoms with Gasteiger partial charge in [0, 0.05) is 28.9 Å². The van der Waals surface area contributed by atoms with Crippen LogP contribution in [-0.4, -0.2) is 28.9 Å². The first kappa shape index (κ1) is 20.8. The predicted molar refractivity (Wildman–Crippen MR) is 113 cm³/mol. The summed E-state index contributed by atoms with van der Waals surface area (Å²) in [6, 6.07) is 7.75. The monoisotopic (exact) mass is 419 g/mol. The van der Waals surface area contributed by atoms with E-state index in [9.17, 15) is 9.59 Å². The third kappa shape index (κ3) is 5.55. The lowest BCUT2D eigenvalue weighted by molar-refractivity contribution is -0.128. The molecule has 1 saturated carbocycles. The van der Waals surface area contributed by atoms with Crippen LogP contribution in [0.3, 0.4) is 0 Å². The fourth-order valence-electron chi connectivity index (χ4n) is 3.55. The van der Waals surface area contributed by atoms with Crippen molar-refractivity contribution in [2.75, 3.05) is 0 Å². The Hall–Kier alpha value is -1.92. The molecule has 2 aromatic rings. The van der Waals surface area contributed by atoms with Gasteiger partial charge < -0.3 is 10.6 Å². The Bertz CT molecular complexity index is 837. The Balaban J connectivity index is 1.54. The molecule has 7 heteroatoms. The second-order valence-electron chi connectivity index (χ2n) is 7.59. The maximum absolute atomic E-state index is 12.5. The number of nitrogens with one attached hydrogen (secondary N) is 2. The van der Waals surface area contributed by atoms with Crippen molar-refractivity contribution in [2.45, 2.75) is 58.0 Å². The zero-order valence-corrected chi connectivity index (χ0v) is 17.8. The van der Waals surface area contributed by atoms with Crippen LogP contribution in [0.1, 0.15) is 45.2 Å². The summed E-state index contributed by atoms with van der Waals surface area (Å²) in [5, 5.41) is 9.43. The average Bonchev–Trinajstić information content (AvgIpc) is 3.09. The largest absolute Gasteiger partial charge is 0.354 e. The lowest BCUT2D eigenvalue weighted by atomic mass is 9.85. The molecule has 1 heterocycles. The molecule has 2 unspecified atom stereocenters. The zero-order chi connectivity index (χ0) is 20.1. The second-order valence-corrected chi connectivity index (χ2v) is 8.86. The van der Waals surface area contributed by atoms with Crippen LogP contribution >= 0.6 is 22.9 Å². The summed E-state index contributed by atoms with van der Waals surface area (Å²) in [5.74, 6) is 0.0244. The van der Waals surface area contributed by atoms with Gasteiger partial charge in [0.1, 0.15) is 5.01 Å². The van der Waals surface area contributed by atoms with Gasteiger partial charge >= 0.3 is 0 Å². The fourth-order valence-corrected chi connectivity index (χ4v) is 4.69. The van der Waals surface area contributed by atoms with Gasteiger partial charge in [0.25, 0.3) is 0 Å². The van der Waals surface area contributed by atoms with Crippen LogP contribution in [0.4, 0.5) is 0 Å². The van der Waals surface area contributed by atoms with Gasteiger partial charge in [-0.1, -0.05) is 36.2 Å². The molecular weight excluding hydrogens is 394 g/mol. The van der Waals surface area contributed by atoms with Gasteiger partial charge in [0.05, 0.1) is 17.1 Å². The number of rotatable bonds is 6. The minimum Gasteiger partial charge on any atom is -0.354 e. The topological polar surface area (TPSA) is 71.1 Å². The molecule has 150 valence electrons. The molecule has 0 bridgehead atoms. The smallest absolute Gasteiger partial charge is 0.226 e. The van der Waals surface area contributed by atoms with Crippen molar-refractivity contribution < 1.29 is 9.59 Å². The van der Waals surface area contributed by atoms with Crippen molar-refractivity contribution in [2.24, 2.45) is 5.92 Å². The lowest BCUT2D eigenvalue weighted by Gasteiger charge is -2.29. The molecule has 1 fully saturated rings. The van der Waals surface area contributed by atoms with Crippen LogP contribution in [-0.2, 0) is 16.0 Å². The maximum Gasteiger partial charge on any atom is 0.226 e. The number of aromatic nitrogens is 1. The first-order chi connectivity index (χ1) is 13.4. The van der Waals surface area contributed by atoms with Gasteiger partial charge in [-0.3, -0.25) is 9.59 Å². The average molecular weight is 420 g/mol. The van der Waals surface area contributed by atoms with Crippen molar-refractivity contribution in [3.05, 3.63) is 40.4 Å². The quantitative estimate of drug-likeness (QED) is 0.736. The molecule has 1 aromatic heterocycles. The van der Waals surface area contributed by atoms with Crippen LogP contribution < -0.4 is 10.6 Å². The highest BCUT2D eigenvalue weighted by Crippen LogP contribution is 2.30. The molecule has 28 heavy (non-hydrogen) atoms. The first-order valence-electron chi connectivity index (χ1n) is 9.71. The van der Waals surface area contributed by atoms with E-state index in [-0.39, 0.29) is 36.2 Å². The molecule has 2 atom stereocenters. The molecule has 2 amide bonds. The van der Waals surface area contributed by atoms with Gasteiger partial charge in [-0.2, -0.15) is 0 Å². The number of amides is 2. The molecule has 0 spiro atoms. The number of nitrogens with zero attached hydrogens (tertiary/aromatic N) is 1. The van der Waals surface area contributed by atoms with Gasteiger partial charge in [-0.25, -0.2) is 4.98 Å². The summed E-state index contributed by atoms with van der Waals surface area (Å²) in [5.41, 5.74) is 1.62. The van der Waals surface area contributed by atoms with E-state index in [1.807, 2.05) is 43.5 Å². The van der Waals surface area contributed by atoms with E-state index in [1.54, 1.807) is 0 Å². The standard InChI is InChI=1S/C21H26ClN3O2S/c1-13(2)23-20(27)14-6-5-7-15(10-14)24-19(26)11-16-12-28-21(25-16)17-8-3-4-9-18(17)22/h3-4,8-9,12-15H,5-7,10-11H2,1-2H3,(H,23,27)(H,24,26). The van der Waals surface area contributed by atoms with E-state index < -0.39 is 0 Å².